The number of unbranched alkanes of at least 4 members (excludes halogenated alkanes) is 3. The maximum absolute atomic E-state index is 12.8. The van der Waals surface area contributed by atoms with Crippen LogP contribution in [-0.4, -0.2) is 31.0 Å². The normalized spacial score (nSPS) is 17.5. The molecular weight excluding hydrogens is 336 g/mol. The molecule has 142 valence electrons. The van der Waals surface area contributed by atoms with Crippen LogP contribution < -0.4 is 10.5 Å². The molecule has 5 heteroatoms. The monoisotopic (exact) mass is 368 g/mol. The van der Waals surface area contributed by atoms with Crippen LogP contribution in [0.25, 0.3) is 0 Å². The number of rotatable bonds is 8. The van der Waals surface area contributed by atoms with E-state index in [1.807, 2.05) is 12.1 Å². The Labute approximate surface area is 158 Å². The molecule has 1 aromatic carbocycles. The van der Waals surface area contributed by atoms with Gasteiger partial charge in [0.15, 0.2) is 0 Å². The van der Waals surface area contributed by atoms with Gasteiger partial charge >= 0.3 is 0 Å². The van der Waals surface area contributed by atoms with Crippen LogP contribution >= 0.6 is 12.4 Å². The fourth-order valence-corrected chi connectivity index (χ4v) is 3.50. The van der Waals surface area contributed by atoms with Crippen molar-refractivity contribution in [3.63, 3.8) is 0 Å². The standard InChI is InChI=1S/C20H32N2O2.ClH/c1-24-18-13-11-17(12-14-18)19-9-5-4-8-16-22(19)20(23)10-6-2-3-7-15-21;/h11-14,19H,2-10,15-16,21H2,1H3;1H. The van der Waals surface area contributed by atoms with Gasteiger partial charge < -0.3 is 15.4 Å². The number of benzene rings is 1. The van der Waals surface area contributed by atoms with Crippen molar-refractivity contribution < 1.29 is 9.53 Å². The van der Waals surface area contributed by atoms with Crippen LogP contribution in [0.2, 0.25) is 0 Å². The topological polar surface area (TPSA) is 55.6 Å². The van der Waals surface area contributed by atoms with Crippen molar-refractivity contribution in [2.45, 2.75) is 63.8 Å². The maximum Gasteiger partial charge on any atom is 0.223 e. The summed E-state index contributed by atoms with van der Waals surface area (Å²) < 4.78 is 5.25. The number of hydrogen-bond acceptors (Lipinski definition) is 3. The zero-order valence-electron chi connectivity index (χ0n) is 15.4. The minimum atomic E-state index is 0. The molecule has 0 spiro atoms. The molecule has 2 rings (SSSR count). The van der Waals surface area contributed by atoms with E-state index in [1.165, 1.54) is 18.4 Å². The van der Waals surface area contributed by atoms with Gasteiger partial charge in [-0.15, -0.1) is 12.4 Å². The third-order valence-electron chi connectivity index (χ3n) is 4.92. The van der Waals surface area contributed by atoms with E-state index < -0.39 is 0 Å². The average molecular weight is 369 g/mol. The Morgan fingerprint density at radius 3 is 2.52 bits per heavy atom. The summed E-state index contributed by atoms with van der Waals surface area (Å²) in [5, 5.41) is 0. The van der Waals surface area contributed by atoms with E-state index in [2.05, 4.69) is 17.0 Å². The van der Waals surface area contributed by atoms with E-state index in [9.17, 15) is 4.79 Å². The van der Waals surface area contributed by atoms with E-state index in [4.69, 9.17) is 10.5 Å². The number of carbonyl (C=O) groups is 1. The number of amides is 1. The van der Waals surface area contributed by atoms with Crippen LogP contribution in [0.5, 0.6) is 5.75 Å². The van der Waals surface area contributed by atoms with Crippen molar-refractivity contribution in [2.24, 2.45) is 5.73 Å². The molecule has 0 radical (unpaired) electrons. The third kappa shape index (κ3) is 6.87. The minimum Gasteiger partial charge on any atom is -0.497 e. The number of nitrogens with two attached hydrogens (primary N) is 1. The second-order valence-corrected chi connectivity index (χ2v) is 6.68. The van der Waals surface area contributed by atoms with Crippen molar-refractivity contribution >= 4 is 18.3 Å². The molecule has 1 heterocycles. The molecule has 1 amide bonds. The van der Waals surface area contributed by atoms with E-state index >= 15 is 0 Å². The van der Waals surface area contributed by atoms with E-state index in [0.717, 1.165) is 57.4 Å². The Hall–Kier alpha value is -1.26. The zero-order chi connectivity index (χ0) is 17.2. The Morgan fingerprint density at radius 1 is 1.12 bits per heavy atom. The fourth-order valence-electron chi connectivity index (χ4n) is 3.50. The highest BCUT2D eigenvalue weighted by molar-refractivity contribution is 5.85. The van der Waals surface area contributed by atoms with Crippen LogP contribution in [0.3, 0.4) is 0 Å². The summed E-state index contributed by atoms with van der Waals surface area (Å²) in [5.41, 5.74) is 6.75. The van der Waals surface area contributed by atoms with E-state index in [-0.39, 0.29) is 18.4 Å². The molecular formula is C20H33ClN2O2. The molecule has 0 bridgehead atoms. The lowest BCUT2D eigenvalue weighted by molar-refractivity contribution is -0.133. The van der Waals surface area contributed by atoms with Crippen molar-refractivity contribution in [3.8, 4) is 5.75 Å². The van der Waals surface area contributed by atoms with Crippen LogP contribution in [0.4, 0.5) is 0 Å². The van der Waals surface area contributed by atoms with Gasteiger partial charge in [0.1, 0.15) is 5.75 Å². The quantitative estimate of drug-likeness (QED) is 0.688. The minimum absolute atomic E-state index is 0. The summed E-state index contributed by atoms with van der Waals surface area (Å²) >= 11 is 0. The highest BCUT2D eigenvalue weighted by atomic mass is 35.5. The first-order valence-electron chi connectivity index (χ1n) is 9.39. The van der Waals surface area contributed by atoms with Gasteiger partial charge in [-0.05, 0) is 49.9 Å². The van der Waals surface area contributed by atoms with Gasteiger partial charge in [0.05, 0.1) is 13.2 Å². The molecule has 0 aromatic heterocycles. The number of likely N-dealkylation sites (tertiary alicyclic amines) is 1. The molecule has 1 saturated heterocycles. The SMILES string of the molecule is COc1ccc(C2CCCCCN2C(=O)CCCCCCN)cc1.Cl. The second kappa shape index (κ2) is 12.2. The first-order valence-corrected chi connectivity index (χ1v) is 9.39. The number of hydrogen-bond donors (Lipinski definition) is 1. The van der Waals surface area contributed by atoms with Gasteiger partial charge in [-0.3, -0.25) is 4.79 Å². The molecule has 2 N–H and O–H groups in total. The lowest BCUT2D eigenvalue weighted by atomic mass is 10.00. The molecule has 1 fully saturated rings. The van der Waals surface area contributed by atoms with Crippen molar-refractivity contribution in [1.82, 2.24) is 4.90 Å². The largest absolute Gasteiger partial charge is 0.497 e. The first kappa shape index (κ1) is 21.8. The third-order valence-corrected chi connectivity index (χ3v) is 4.92. The van der Waals surface area contributed by atoms with Crippen LogP contribution in [0.15, 0.2) is 24.3 Å². The molecule has 25 heavy (non-hydrogen) atoms. The molecule has 1 atom stereocenters. The van der Waals surface area contributed by atoms with Crippen molar-refractivity contribution in [3.05, 3.63) is 29.8 Å². The van der Waals surface area contributed by atoms with Gasteiger partial charge in [-0.25, -0.2) is 0 Å². The van der Waals surface area contributed by atoms with Crippen LogP contribution in [0.1, 0.15) is 69.4 Å². The maximum atomic E-state index is 12.8. The summed E-state index contributed by atoms with van der Waals surface area (Å²) in [5.74, 6) is 1.18. The molecule has 1 aliphatic rings. The Balaban J connectivity index is 0.00000312. The molecule has 1 aromatic rings. The fraction of sp³-hybridized carbons (Fsp3) is 0.650. The number of ether oxygens (including phenoxy) is 1. The van der Waals surface area contributed by atoms with Gasteiger partial charge in [-0.1, -0.05) is 37.8 Å². The zero-order valence-corrected chi connectivity index (χ0v) is 16.2. The lowest BCUT2D eigenvalue weighted by Crippen LogP contribution is -2.34. The van der Waals surface area contributed by atoms with Gasteiger partial charge in [0.2, 0.25) is 5.91 Å². The smallest absolute Gasteiger partial charge is 0.223 e. The summed E-state index contributed by atoms with van der Waals surface area (Å²) in [6, 6.07) is 8.42. The lowest BCUT2D eigenvalue weighted by Gasteiger charge is -2.31. The van der Waals surface area contributed by atoms with Gasteiger partial charge in [0.25, 0.3) is 0 Å². The van der Waals surface area contributed by atoms with E-state index in [0.29, 0.717) is 12.3 Å². The summed E-state index contributed by atoms with van der Waals surface area (Å²) in [6.07, 6.45) is 9.52. The molecule has 0 saturated carbocycles. The average Bonchev–Trinajstić information content (AvgIpc) is 2.87. The number of carbonyl (C=O) groups excluding carboxylic acids is 1. The predicted molar refractivity (Wildman–Crippen MR) is 105 cm³/mol. The summed E-state index contributed by atoms with van der Waals surface area (Å²) in [4.78, 5) is 14.9. The molecule has 0 aliphatic carbocycles. The highest BCUT2D eigenvalue weighted by Crippen LogP contribution is 2.31. The van der Waals surface area contributed by atoms with E-state index in [1.54, 1.807) is 7.11 Å². The number of nitrogens with zero attached hydrogens (tertiary/aromatic N) is 1. The number of methoxy groups -OCH3 is 1. The van der Waals surface area contributed by atoms with Crippen molar-refractivity contribution in [1.29, 1.82) is 0 Å². The molecule has 4 nitrogen and oxygen atoms in total. The molecule has 1 aliphatic heterocycles. The summed E-state index contributed by atoms with van der Waals surface area (Å²) in [7, 11) is 1.68. The Bertz CT molecular complexity index is 493. The van der Waals surface area contributed by atoms with Gasteiger partial charge in [-0.2, -0.15) is 0 Å². The first-order chi connectivity index (χ1) is 11.8. The van der Waals surface area contributed by atoms with Crippen LogP contribution in [0, 0.1) is 0 Å². The predicted octanol–water partition coefficient (Wildman–Crippen LogP) is 4.47. The summed E-state index contributed by atoms with van der Waals surface area (Å²) in [6.45, 7) is 1.64. The second-order valence-electron chi connectivity index (χ2n) is 6.68. The van der Waals surface area contributed by atoms with Crippen molar-refractivity contribution in [2.75, 3.05) is 20.2 Å². The Kier molecular flexibility index (Phi) is 10.6. The Morgan fingerprint density at radius 2 is 1.84 bits per heavy atom. The highest BCUT2D eigenvalue weighted by Gasteiger charge is 2.26. The number of halogens is 1. The van der Waals surface area contributed by atoms with Gasteiger partial charge in [0, 0.05) is 13.0 Å². The van der Waals surface area contributed by atoms with Crippen LogP contribution in [-0.2, 0) is 4.79 Å². The molecule has 1 unspecified atom stereocenters.